The van der Waals surface area contributed by atoms with Crippen LogP contribution in [0.15, 0.2) is 23.3 Å². The Kier molecular flexibility index (Phi) is 2.55. The van der Waals surface area contributed by atoms with Gasteiger partial charge in [-0.3, -0.25) is 0 Å². The van der Waals surface area contributed by atoms with E-state index in [4.69, 9.17) is 0 Å². The first-order valence-corrected chi connectivity index (χ1v) is 5.99. The maximum absolute atomic E-state index is 2.49. The molecular weight excluding hydrogens is 168 g/mol. The second-order valence-corrected chi connectivity index (χ2v) is 5.53. The SMILES string of the molecule is C/C(=C\C1=CCC2(CC1)CC2)C(C)C. The number of hydrogen-bond acceptors (Lipinski definition) is 0. The topological polar surface area (TPSA) is 0 Å². The molecule has 0 amide bonds. The smallest absolute Gasteiger partial charge is 0.0259 e. The lowest BCUT2D eigenvalue weighted by Gasteiger charge is -2.20. The van der Waals surface area contributed by atoms with E-state index in [0.29, 0.717) is 5.92 Å². The Hall–Kier alpha value is -0.520. The lowest BCUT2D eigenvalue weighted by Crippen LogP contribution is -2.05. The van der Waals surface area contributed by atoms with E-state index in [0.717, 1.165) is 5.41 Å². The van der Waals surface area contributed by atoms with Gasteiger partial charge in [-0.15, -0.1) is 0 Å². The van der Waals surface area contributed by atoms with Gasteiger partial charge in [0.05, 0.1) is 0 Å². The van der Waals surface area contributed by atoms with Gasteiger partial charge in [0.1, 0.15) is 0 Å². The molecule has 0 aromatic heterocycles. The van der Waals surface area contributed by atoms with Gasteiger partial charge in [-0.2, -0.15) is 0 Å². The second kappa shape index (κ2) is 3.56. The molecule has 0 heterocycles. The van der Waals surface area contributed by atoms with Gasteiger partial charge >= 0.3 is 0 Å². The van der Waals surface area contributed by atoms with Crippen molar-refractivity contribution in [3.63, 3.8) is 0 Å². The Labute approximate surface area is 88.1 Å². The molecule has 1 spiro atoms. The average molecular weight is 190 g/mol. The van der Waals surface area contributed by atoms with Gasteiger partial charge in [-0.1, -0.05) is 37.1 Å². The first kappa shape index (κ1) is 10.0. The Bertz CT molecular complexity index is 274. The fraction of sp³-hybridized carbons (Fsp3) is 0.714. The van der Waals surface area contributed by atoms with Gasteiger partial charge < -0.3 is 0 Å². The zero-order valence-corrected chi connectivity index (χ0v) is 9.77. The molecule has 0 saturated heterocycles. The van der Waals surface area contributed by atoms with Gasteiger partial charge in [-0.25, -0.2) is 0 Å². The summed E-state index contributed by atoms with van der Waals surface area (Å²) in [7, 11) is 0. The first-order valence-electron chi connectivity index (χ1n) is 5.99. The van der Waals surface area contributed by atoms with Crippen molar-refractivity contribution in [2.45, 2.75) is 52.9 Å². The molecule has 0 aromatic carbocycles. The van der Waals surface area contributed by atoms with Gasteiger partial charge in [0.2, 0.25) is 0 Å². The Morgan fingerprint density at radius 1 is 1.36 bits per heavy atom. The molecule has 2 aliphatic carbocycles. The Morgan fingerprint density at radius 2 is 2.07 bits per heavy atom. The van der Waals surface area contributed by atoms with E-state index < -0.39 is 0 Å². The van der Waals surface area contributed by atoms with Crippen molar-refractivity contribution in [2.24, 2.45) is 11.3 Å². The van der Waals surface area contributed by atoms with Crippen molar-refractivity contribution < 1.29 is 0 Å². The lowest BCUT2D eigenvalue weighted by atomic mass is 9.86. The van der Waals surface area contributed by atoms with Crippen LogP contribution in [0.1, 0.15) is 52.9 Å². The molecule has 0 bridgehead atoms. The molecule has 14 heavy (non-hydrogen) atoms. The molecule has 0 N–H and O–H groups in total. The van der Waals surface area contributed by atoms with Gasteiger partial charge in [0.25, 0.3) is 0 Å². The van der Waals surface area contributed by atoms with E-state index in [1.807, 2.05) is 0 Å². The fourth-order valence-electron chi connectivity index (χ4n) is 2.18. The highest BCUT2D eigenvalue weighted by molar-refractivity contribution is 5.27. The molecule has 0 nitrogen and oxygen atoms in total. The van der Waals surface area contributed by atoms with Crippen LogP contribution in [0.25, 0.3) is 0 Å². The molecule has 2 aliphatic rings. The molecule has 0 atom stereocenters. The molecule has 0 heteroatoms. The third-order valence-electron chi connectivity index (χ3n) is 4.02. The number of rotatable bonds is 2. The van der Waals surface area contributed by atoms with Crippen molar-refractivity contribution in [3.8, 4) is 0 Å². The number of hydrogen-bond donors (Lipinski definition) is 0. The predicted octanol–water partition coefficient (Wildman–Crippen LogP) is 4.48. The minimum absolute atomic E-state index is 0.702. The molecule has 0 aromatic rings. The zero-order chi connectivity index (χ0) is 10.2. The summed E-state index contributed by atoms with van der Waals surface area (Å²) in [5, 5.41) is 0. The highest BCUT2D eigenvalue weighted by atomic mass is 14.5. The summed E-state index contributed by atoms with van der Waals surface area (Å²) in [6.07, 6.45) is 12.0. The zero-order valence-electron chi connectivity index (χ0n) is 9.77. The van der Waals surface area contributed by atoms with Crippen molar-refractivity contribution in [3.05, 3.63) is 23.3 Å². The molecule has 0 radical (unpaired) electrons. The van der Waals surface area contributed by atoms with Crippen LogP contribution in [0.3, 0.4) is 0 Å². The molecule has 0 aliphatic heterocycles. The van der Waals surface area contributed by atoms with Crippen LogP contribution in [0.2, 0.25) is 0 Å². The summed E-state index contributed by atoms with van der Waals surface area (Å²) in [5.41, 5.74) is 3.90. The van der Waals surface area contributed by atoms with Crippen LogP contribution in [0.4, 0.5) is 0 Å². The highest BCUT2D eigenvalue weighted by Gasteiger charge is 2.42. The third kappa shape index (κ3) is 2.10. The third-order valence-corrected chi connectivity index (χ3v) is 4.02. The molecular formula is C14H22. The van der Waals surface area contributed by atoms with Crippen molar-refractivity contribution in [1.29, 1.82) is 0 Å². The van der Waals surface area contributed by atoms with Crippen molar-refractivity contribution in [1.82, 2.24) is 0 Å². The molecule has 2 rings (SSSR count). The van der Waals surface area contributed by atoms with E-state index in [2.05, 4.69) is 32.9 Å². The minimum Gasteiger partial charge on any atom is -0.0808 e. The van der Waals surface area contributed by atoms with E-state index >= 15 is 0 Å². The summed E-state index contributed by atoms with van der Waals surface area (Å²) in [6, 6.07) is 0. The second-order valence-electron chi connectivity index (χ2n) is 5.53. The quantitative estimate of drug-likeness (QED) is 0.602. The Balaban J connectivity index is 1.99. The van der Waals surface area contributed by atoms with Crippen LogP contribution in [-0.2, 0) is 0 Å². The lowest BCUT2D eigenvalue weighted by molar-refractivity contribution is 0.453. The normalized spacial score (nSPS) is 25.4. The molecule has 78 valence electrons. The molecule has 1 saturated carbocycles. The Morgan fingerprint density at radius 3 is 2.50 bits per heavy atom. The monoisotopic (exact) mass is 190 g/mol. The highest BCUT2D eigenvalue weighted by Crippen LogP contribution is 2.55. The van der Waals surface area contributed by atoms with Gasteiger partial charge in [0.15, 0.2) is 0 Å². The first-order chi connectivity index (χ1) is 6.61. The van der Waals surface area contributed by atoms with Crippen molar-refractivity contribution in [2.75, 3.05) is 0 Å². The van der Waals surface area contributed by atoms with Crippen LogP contribution in [0, 0.1) is 11.3 Å². The molecule has 0 unspecified atom stereocenters. The average Bonchev–Trinajstić information content (AvgIpc) is 2.90. The number of allylic oxidation sites excluding steroid dienone is 4. The van der Waals surface area contributed by atoms with Crippen LogP contribution >= 0.6 is 0 Å². The van der Waals surface area contributed by atoms with E-state index in [1.54, 1.807) is 5.57 Å². The van der Waals surface area contributed by atoms with Crippen LogP contribution in [0.5, 0.6) is 0 Å². The predicted molar refractivity (Wildman–Crippen MR) is 62.2 cm³/mol. The van der Waals surface area contributed by atoms with E-state index in [1.165, 1.54) is 37.7 Å². The van der Waals surface area contributed by atoms with E-state index in [-0.39, 0.29) is 0 Å². The molecule has 1 fully saturated rings. The maximum atomic E-state index is 2.49. The largest absolute Gasteiger partial charge is 0.0808 e. The summed E-state index contributed by atoms with van der Waals surface area (Å²) in [5.74, 6) is 0.702. The maximum Gasteiger partial charge on any atom is -0.0259 e. The summed E-state index contributed by atoms with van der Waals surface area (Å²) in [4.78, 5) is 0. The van der Waals surface area contributed by atoms with Gasteiger partial charge in [-0.05, 0) is 50.4 Å². The standard InChI is InChI=1S/C14H22/c1-11(2)12(3)10-13-4-6-14(7-5-13)8-9-14/h4,10-11H,5-9H2,1-3H3/b12-10+. The summed E-state index contributed by atoms with van der Waals surface area (Å²) >= 11 is 0. The van der Waals surface area contributed by atoms with Crippen LogP contribution < -0.4 is 0 Å². The summed E-state index contributed by atoms with van der Waals surface area (Å²) < 4.78 is 0. The van der Waals surface area contributed by atoms with Gasteiger partial charge in [0, 0.05) is 0 Å². The van der Waals surface area contributed by atoms with Crippen LogP contribution in [-0.4, -0.2) is 0 Å². The van der Waals surface area contributed by atoms with E-state index in [9.17, 15) is 0 Å². The summed E-state index contributed by atoms with van der Waals surface area (Å²) in [6.45, 7) is 6.81. The minimum atomic E-state index is 0.702. The fourth-order valence-corrected chi connectivity index (χ4v) is 2.18. The van der Waals surface area contributed by atoms with Crippen molar-refractivity contribution >= 4 is 0 Å².